The largest absolute Gasteiger partial charge is 0.433 e. The fourth-order valence-electron chi connectivity index (χ4n) is 5.45. The maximum Gasteiger partial charge on any atom is 0.433 e. The van der Waals surface area contributed by atoms with Crippen molar-refractivity contribution in [1.29, 1.82) is 0 Å². The third-order valence-corrected chi connectivity index (χ3v) is 6.60. The van der Waals surface area contributed by atoms with Gasteiger partial charge in [-0.3, -0.25) is 9.48 Å². The third-order valence-electron chi connectivity index (χ3n) is 6.60. The van der Waals surface area contributed by atoms with Crippen LogP contribution in [0.1, 0.15) is 61.1 Å². The lowest BCUT2D eigenvalue weighted by atomic mass is 9.65. The van der Waals surface area contributed by atoms with Gasteiger partial charge < -0.3 is 5.32 Å². The average Bonchev–Trinajstić information content (AvgIpc) is 3.21. The fraction of sp³-hybridized carbons (Fsp3) is 0.684. The Morgan fingerprint density at radius 1 is 1.27 bits per heavy atom. The predicted octanol–water partition coefficient (Wildman–Crippen LogP) is 3.96. The van der Waals surface area contributed by atoms with Gasteiger partial charge in [0.2, 0.25) is 0 Å². The normalized spacial score (nSPS) is 35.5. The van der Waals surface area contributed by atoms with Crippen molar-refractivity contribution in [3.05, 3.63) is 29.1 Å². The van der Waals surface area contributed by atoms with Gasteiger partial charge in [-0.15, -0.1) is 0 Å². The van der Waals surface area contributed by atoms with Crippen molar-refractivity contribution in [2.45, 2.75) is 57.3 Å². The highest BCUT2D eigenvalue weighted by atomic mass is 19.4. The summed E-state index contributed by atoms with van der Waals surface area (Å²) in [4.78, 5) is 12.7. The predicted molar refractivity (Wildman–Crippen MR) is 88.3 cm³/mol. The van der Waals surface area contributed by atoms with Gasteiger partial charge in [0.1, 0.15) is 0 Å². The molecule has 4 aliphatic rings. The van der Waals surface area contributed by atoms with Crippen LogP contribution in [0.3, 0.4) is 0 Å². The molecule has 5 unspecified atom stereocenters. The lowest BCUT2D eigenvalue weighted by Crippen LogP contribution is -2.53. The van der Waals surface area contributed by atoms with Crippen molar-refractivity contribution < 1.29 is 18.0 Å². The van der Waals surface area contributed by atoms with E-state index in [1.54, 1.807) is 0 Å². The zero-order valence-electron chi connectivity index (χ0n) is 14.6. The number of fused-ring (bicyclic) bond motifs is 1. The zero-order chi connectivity index (χ0) is 18.2. The molecule has 1 aromatic rings. The van der Waals surface area contributed by atoms with E-state index in [0.717, 1.165) is 17.3 Å². The number of alkyl halides is 3. The second-order valence-corrected chi connectivity index (χ2v) is 8.52. The van der Waals surface area contributed by atoms with E-state index in [-0.39, 0.29) is 17.6 Å². The van der Waals surface area contributed by atoms with Crippen molar-refractivity contribution in [2.75, 3.05) is 0 Å². The maximum atomic E-state index is 13.5. The summed E-state index contributed by atoms with van der Waals surface area (Å²) in [7, 11) is 0. The van der Waals surface area contributed by atoms with Gasteiger partial charge in [0.05, 0.1) is 23.8 Å². The van der Waals surface area contributed by atoms with Crippen molar-refractivity contribution >= 4 is 5.91 Å². The first-order chi connectivity index (χ1) is 12.3. The highest BCUT2D eigenvalue weighted by Crippen LogP contribution is 2.57. The summed E-state index contributed by atoms with van der Waals surface area (Å²) >= 11 is 0. The van der Waals surface area contributed by atoms with Gasteiger partial charge in [-0.05, 0) is 61.3 Å². The van der Waals surface area contributed by atoms with E-state index < -0.39 is 17.8 Å². The zero-order valence-corrected chi connectivity index (χ0v) is 14.6. The highest BCUT2D eigenvalue weighted by molar-refractivity contribution is 5.96. The monoisotopic (exact) mass is 365 g/mol. The Morgan fingerprint density at radius 2 is 2.04 bits per heavy atom. The van der Waals surface area contributed by atoms with Crippen LogP contribution in [-0.2, 0) is 6.18 Å². The summed E-state index contributed by atoms with van der Waals surface area (Å²) in [5.74, 6) is 1.42. The number of carbonyl (C=O) groups excluding carboxylic acids is 1. The lowest BCUT2D eigenvalue weighted by Gasteiger charge is -2.45. The quantitative estimate of drug-likeness (QED) is 0.825. The number of hydrogen-bond donors (Lipinski definition) is 1. The van der Waals surface area contributed by atoms with E-state index in [2.05, 4.69) is 23.4 Å². The second-order valence-electron chi connectivity index (χ2n) is 8.52. The first-order valence-electron chi connectivity index (χ1n) is 9.50. The minimum atomic E-state index is -4.58. The Labute approximate surface area is 149 Å². The van der Waals surface area contributed by atoms with Crippen LogP contribution in [0.4, 0.5) is 13.2 Å². The molecule has 140 valence electrons. The molecule has 3 saturated carbocycles. The van der Waals surface area contributed by atoms with Crippen molar-refractivity contribution in [1.82, 2.24) is 15.1 Å². The number of nitrogens with zero attached hydrogens (tertiary/aromatic N) is 2. The number of hydrogen-bond acceptors (Lipinski definition) is 2. The Bertz CT molecular complexity index is 792. The Hall–Kier alpha value is -1.79. The average molecular weight is 365 g/mol. The van der Waals surface area contributed by atoms with Crippen molar-refractivity contribution in [3.8, 4) is 0 Å². The Balaban J connectivity index is 1.42. The van der Waals surface area contributed by atoms with Gasteiger partial charge in [0.15, 0.2) is 5.69 Å². The molecule has 4 nitrogen and oxygen atoms in total. The molecular weight excluding hydrogens is 343 g/mol. The molecule has 7 heteroatoms. The van der Waals surface area contributed by atoms with E-state index >= 15 is 0 Å². The van der Waals surface area contributed by atoms with Crippen LogP contribution < -0.4 is 5.32 Å². The molecule has 1 amide bonds. The van der Waals surface area contributed by atoms with Crippen LogP contribution in [0.15, 0.2) is 17.8 Å². The molecule has 3 fully saturated rings. The highest BCUT2D eigenvalue weighted by Gasteiger charge is 2.53. The summed E-state index contributed by atoms with van der Waals surface area (Å²) in [6, 6.07) is -0.329. The molecule has 1 N–H and O–H groups in total. The number of halogens is 3. The fourth-order valence-corrected chi connectivity index (χ4v) is 5.45. The number of amides is 1. The number of allylic oxidation sites excluding steroid dienone is 1. The Kier molecular flexibility index (Phi) is 3.38. The minimum absolute atomic E-state index is 0.106. The number of carbonyl (C=O) groups is 1. The number of nitrogens with one attached hydrogen (secondary N) is 1. The molecule has 0 aromatic carbocycles. The smallest absolute Gasteiger partial charge is 0.345 e. The van der Waals surface area contributed by atoms with Crippen molar-refractivity contribution in [2.24, 2.45) is 23.7 Å². The summed E-state index contributed by atoms with van der Waals surface area (Å²) in [5.41, 5.74) is -0.00508. The number of rotatable bonds is 3. The molecule has 1 aromatic heterocycles. The van der Waals surface area contributed by atoms with E-state index in [1.807, 2.05) is 0 Å². The Morgan fingerprint density at radius 3 is 2.73 bits per heavy atom. The molecule has 2 bridgehead atoms. The molecule has 5 atom stereocenters. The van der Waals surface area contributed by atoms with Crippen LogP contribution in [0.2, 0.25) is 0 Å². The molecule has 0 saturated heterocycles. The third kappa shape index (κ3) is 2.42. The lowest BCUT2D eigenvalue weighted by molar-refractivity contribution is -0.144. The van der Waals surface area contributed by atoms with Gasteiger partial charge >= 0.3 is 6.18 Å². The van der Waals surface area contributed by atoms with E-state index in [0.29, 0.717) is 36.5 Å². The van der Waals surface area contributed by atoms with Crippen LogP contribution >= 0.6 is 0 Å². The van der Waals surface area contributed by atoms with E-state index in [9.17, 15) is 18.0 Å². The molecule has 26 heavy (non-hydrogen) atoms. The summed E-state index contributed by atoms with van der Waals surface area (Å²) in [6.07, 6.45) is 3.54. The van der Waals surface area contributed by atoms with E-state index in [1.165, 1.54) is 18.4 Å². The van der Waals surface area contributed by atoms with Gasteiger partial charge in [-0.1, -0.05) is 13.0 Å². The van der Waals surface area contributed by atoms with Gasteiger partial charge in [-0.2, -0.15) is 18.3 Å². The standard InChI is InChI=1S/C19H22F3N3O/c1-9-4-10-6-12-13(5-9)16(14(12)7-10)24-18(26)15-8-23-25(11-2-3-11)17(15)19(20,21)22/h5,8-12,14,16H,2-4,6-7H2,1H3,(H,24,26). The topological polar surface area (TPSA) is 46.9 Å². The van der Waals surface area contributed by atoms with Gasteiger partial charge in [-0.25, -0.2) is 0 Å². The van der Waals surface area contributed by atoms with E-state index in [4.69, 9.17) is 0 Å². The van der Waals surface area contributed by atoms with Gasteiger partial charge in [0, 0.05) is 0 Å². The molecule has 4 aliphatic carbocycles. The molecule has 5 rings (SSSR count). The van der Waals surface area contributed by atoms with Crippen LogP contribution in [0, 0.1) is 23.7 Å². The summed E-state index contributed by atoms with van der Waals surface area (Å²) < 4.78 is 41.6. The van der Waals surface area contributed by atoms with Crippen LogP contribution in [0.5, 0.6) is 0 Å². The molecular formula is C19H22F3N3O. The summed E-state index contributed by atoms with van der Waals surface area (Å²) in [6.45, 7) is 2.18. The molecule has 1 heterocycles. The van der Waals surface area contributed by atoms with Crippen LogP contribution in [-0.4, -0.2) is 21.7 Å². The molecule has 0 aliphatic heterocycles. The second kappa shape index (κ2) is 5.36. The van der Waals surface area contributed by atoms with Crippen LogP contribution in [0.25, 0.3) is 0 Å². The first kappa shape index (κ1) is 16.4. The first-order valence-corrected chi connectivity index (χ1v) is 9.50. The minimum Gasteiger partial charge on any atom is -0.345 e. The van der Waals surface area contributed by atoms with Crippen molar-refractivity contribution in [3.63, 3.8) is 0 Å². The SMILES string of the molecule is CC1C=C2C3CC(C1)CC3C2NC(=O)c1cnn(C2CC2)c1C(F)(F)F. The molecule has 0 spiro atoms. The van der Waals surface area contributed by atoms with Gasteiger partial charge in [0.25, 0.3) is 5.91 Å². The summed E-state index contributed by atoms with van der Waals surface area (Å²) in [5, 5.41) is 6.78. The molecule has 0 radical (unpaired) electrons. The maximum absolute atomic E-state index is 13.5. The number of aromatic nitrogens is 2.